The zero-order chi connectivity index (χ0) is 27.1. The van der Waals surface area contributed by atoms with Crippen LogP contribution in [-0.2, 0) is 47.9 Å². The van der Waals surface area contributed by atoms with Crippen molar-refractivity contribution >= 4 is 40.4 Å². The van der Waals surface area contributed by atoms with E-state index in [1.807, 2.05) is 0 Å². The topological polar surface area (TPSA) is 248 Å². The molecule has 1 saturated heterocycles. The van der Waals surface area contributed by atoms with Crippen LogP contribution in [0.3, 0.4) is 0 Å². The van der Waals surface area contributed by atoms with Crippen LogP contribution in [0.1, 0.15) is 6.23 Å². The minimum Gasteiger partial charge on any atom is -0.387 e. The zero-order valence-corrected chi connectivity index (χ0v) is 21.5. The molecule has 0 amide bonds. The molecule has 200 valence electrons. The number of aliphatic hydroxyl groups excluding tert-OH is 1. The van der Waals surface area contributed by atoms with E-state index in [9.17, 15) is 33.4 Å². The number of anilines is 1. The standard InChI is InChI=1S/C15H22N5O13P3/c1-5-34(23,24)32-35(25,26)33-36(27,29-4)30-6-8-10(21)11(28-3)14(31-8)20-7-19(2)9-12(20)17-15(16)18-13(9)22/h1,7-8,10-11,14,21H,6H2,2-4H3,(H4-,16,17,18,22,23,24,25,26)/p+1/t8-,10?,11?,14-,36?/m1/s1. The molecule has 2 aromatic heterocycles. The van der Waals surface area contributed by atoms with E-state index in [0.29, 0.717) is 0 Å². The first kappa shape index (κ1) is 28.6. The summed E-state index contributed by atoms with van der Waals surface area (Å²) in [6.07, 6.45) is 1.27. The molecule has 3 rings (SSSR count). The number of aromatic nitrogens is 4. The number of fused-ring (bicyclic) bond motifs is 1. The summed E-state index contributed by atoms with van der Waals surface area (Å²) in [4.78, 5) is 37.5. The van der Waals surface area contributed by atoms with Gasteiger partial charge in [-0.1, -0.05) is 4.98 Å². The second kappa shape index (κ2) is 10.4. The average Bonchev–Trinajstić information content (AvgIpc) is 3.27. The van der Waals surface area contributed by atoms with Crippen molar-refractivity contribution in [3.63, 3.8) is 0 Å². The zero-order valence-electron chi connectivity index (χ0n) is 18.9. The van der Waals surface area contributed by atoms with Gasteiger partial charge in [-0.2, -0.15) is 8.62 Å². The molecule has 0 radical (unpaired) electrons. The van der Waals surface area contributed by atoms with Crippen LogP contribution in [0.25, 0.3) is 11.2 Å². The normalized spacial score (nSPS) is 27.2. The molecule has 21 heteroatoms. The summed E-state index contributed by atoms with van der Waals surface area (Å²) in [7, 11) is -11.8. The molecule has 0 aliphatic carbocycles. The van der Waals surface area contributed by atoms with Crippen molar-refractivity contribution < 1.29 is 60.3 Å². The molecule has 6 N–H and O–H groups in total. The number of ether oxygens (including phenoxy) is 2. The Kier molecular flexibility index (Phi) is 8.28. The van der Waals surface area contributed by atoms with Gasteiger partial charge in [-0.15, -0.1) is 6.42 Å². The van der Waals surface area contributed by atoms with Crippen molar-refractivity contribution in [1.82, 2.24) is 14.5 Å². The smallest absolute Gasteiger partial charge is 0.387 e. The maximum Gasteiger partial charge on any atom is 0.489 e. The predicted octanol–water partition coefficient (Wildman–Crippen LogP) is -0.915. The Hall–Kier alpha value is -1.96. The quantitative estimate of drug-likeness (QED) is 0.131. The third-order valence-corrected chi connectivity index (χ3v) is 9.42. The van der Waals surface area contributed by atoms with Crippen LogP contribution in [0.5, 0.6) is 0 Å². The van der Waals surface area contributed by atoms with Gasteiger partial charge in [0.1, 0.15) is 18.3 Å². The van der Waals surface area contributed by atoms with E-state index >= 15 is 0 Å². The lowest BCUT2D eigenvalue weighted by Gasteiger charge is -2.21. The summed E-state index contributed by atoms with van der Waals surface area (Å²) in [5, 5.41) is 10.7. The van der Waals surface area contributed by atoms with Gasteiger partial charge in [0.15, 0.2) is 6.33 Å². The maximum absolute atomic E-state index is 12.6. The van der Waals surface area contributed by atoms with Gasteiger partial charge >= 0.3 is 28.9 Å². The fourth-order valence-electron chi connectivity index (χ4n) is 3.37. The van der Waals surface area contributed by atoms with Crippen molar-refractivity contribution in [3.05, 3.63) is 16.7 Å². The van der Waals surface area contributed by atoms with Crippen molar-refractivity contribution in [2.75, 3.05) is 26.6 Å². The van der Waals surface area contributed by atoms with Crippen molar-refractivity contribution in [3.8, 4) is 12.1 Å². The van der Waals surface area contributed by atoms with Gasteiger partial charge in [-0.05, 0) is 0 Å². The van der Waals surface area contributed by atoms with E-state index in [4.69, 9.17) is 26.2 Å². The van der Waals surface area contributed by atoms with E-state index < -0.39 is 59.9 Å². The fraction of sp³-hybridized carbons (Fsp3) is 0.533. The number of nitrogen functional groups attached to an aromatic ring is 1. The number of nitrogens with one attached hydrogen (secondary N) is 1. The Morgan fingerprint density at radius 3 is 2.58 bits per heavy atom. The molecule has 3 heterocycles. The SMILES string of the molecule is C#CP(=O)(O)OP(=O)(O)OP(=O)(OC)OC[C@H]1O[C@@H]([n+]2cn(C)c3c(=O)[nH]c(N)nc32)C(OC)C1O. The molecule has 2 aromatic rings. The predicted molar refractivity (Wildman–Crippen MR) is 118 cm³/mol. The van der Waals surface area contributed by atoms with Crippen LogP contribution >= 0.6 is 23.2 Å². The van der Waals surface area contributed by atoms with Gasteiger partial charge in [0.05, 0.1) is 13.7 Å². The van der Waals surface area contributed by atoms with Gasteiger partial charge in [0.25, 0.3) is 11.5 Å². The number of nitrogens with zero attached hydrogens (tertiary/aromatic N) is 3. The molecule has 0 spiro atoms. The first-order valence-corrected chi connectivity index (χ1v) is 14.2. The number of nitrogens with two attached hydrogens (primary N) is 1. The second-order valence-electron chi connectivity index (χ2n) is 7.22. The molecule has 5 unspecified atom stereocenters. The van der Waals surface area contributed by atoms with Crippen LogP contribution in [0.4, 0.5) is 5.95 Å². The number of imidazole rings is 1. The Bertz CT molecular complexity index is 1390. The highest BCUT2D eigenvalue weighted by atomic mass is 31.3. The molecule has 18 nitrogen and oxygen atoms in total. The molecule has 0 bridgehead atoms. The lowest BCUT2D eigenvalue weighted by Crippen LogP contribution is -2.47. The van der Waals surface area contributed by atoms with Crippen molar-refractivity contribution in [2.45, 2.75) is 24.5 Å². The molecule has 1 fully saturated rings. The second-order valence-corrected chi connectivity index (χ2v) is 12.3. The van der Waals surface area contributed by atoms with Crippen LogP contribution in [0.15, 0.2) is 11.1 Å². The molecule has 0 saturated carbocycles. The van der Waals surface area contributed by atoms with Gasteiger partial charge in [-0.25, -0.2) is 18.3 Å². The number of aliphatic hydroxyl groups is 1. The number of methoxy groups -OCH3 is 1. The highest BCUT2D eigenvalue weighted by molar-refractivity contribution is 7.70. The number of aromatic amines is 1. The molecule has 36 heavy (non-hydrogen) atoms. The lowest BCUT2D eigenvalue weighted by atomic mass is 10.1. The first-order valence-electron chi connectivity index (χ1n) is 9.64. The number of H-pyrrole nitrogens is 1. The largest absolute Gasteiger partial charge is 0.489 e. The number of aryl methyl sites for hydroxylation is 1. The Morgan fingerprint density at radius 1 is 1.33 bits per heavy atom. The Balaban J connectivity index is 1.82. The number of terminal acetylenes is 1. The molecular formula is C15H23N5O13P3+. The summed E-state index contributed by atoms with van der Waals surface area (Å²) >= 11 is 0. The molecule has 0 aromatic carbocycles. The summed E-state index contributed by atoms with van der Waals surface area (Å²) in [6, 6.07) is 0. The monoisotopic (exact) mass is 574 g/mol. The third-order valence-electron chi connectivity index (χ3n) is 4.85. The van der Waals surface area contributed by atoms with Crippen LogP contribution in [0.2, 0.25) is 0 Å². The van der Waals surface area contributed by atoms with Crippen molar-refractivity contribution in [2.24, 2.45) is 7.05 Å². The summed E-state index contributed by atoms with van der Waals surface area (Å²) < 4.78 is 67.6. The van der Waals surface area contributed by atoms with Crippen LogP contribution in [0, 0.1) is 12.1 Å². The highest BCUT2D eigenvalue weighted by Crippen LogP contribution is 2.68. The van der Waals surface area contributed by atoms with E-state index in [2.05, 4.69) is 23.1 Å². The summed E-state index contributed by atoms with van der Waals surface area (Å²) in [5.74, 6) is -0.175. The number of hydrogen-bond acceptors (Lipinski definition) is 13. The average molecular weight is 574 g/mol. The summed E-state index contributed by atoms with van der Waals surface area (Å²) in [5.41, 5.74) is 6.59. The van der Waals surface area contributed by atoms with Gasteiger partial charge < -0.3 is 30.1 Å². The third kappa shape index (κ3) is 5.95. The Labute approximate surface area is 202 Å². The number of phosphoric acid groups is 2. The number of hydrogen-bond donors (Lipinski definition) is 5. The fourth-order valence-corrected chi connectivity index (χ4v) is 6.97. The number of rotatable bonds is 10. The van der Waals surface area contributed by atoms with E-state index in [0.717, 1.165) is 7.11 Å². The molecule has 7 atom stereocenters. The van der Waals surface area contributed by atoms with Gasteiger partial charge in [0, 0.05) is 19.9 Å². The van der Waals surface area contributed by atoms with Gasteiger partial charge in [0.2, 0.25) is 11.7 Å². The Morgan fingerprint density at radius 2 is 2.00 bits per heavy atom. The first-order chi connectivity index (χ1) is 16.7. The van der Waals surface area contributed by atoms with Gasteiger partial charge in [-0.3, -0.25) is 23.4 Å². The highest BCUT2D eigenvalue weighted by Gasteiger charge is 2.50. The minimum absolute atomic E-state index is 0.103. The van der Waals surface area contributed by atoms with E-state index in [1.165, 1.54) is 28.2 Å². The van der Waals surface area contributed by atoms with E-state index in [-0.39, 0.29) is 17.1 Å². The van der Waals surface area contributed by atoms with Crippen LogP contribution < -0.4 is 15.9 Å². The molecule has 1 aliphatic rings. The maximum atomic E-state index is 12.6. The van der Waals surface area contributed by atoms with E-state index in [1.54, 1.807) is 7.05 Å². The summed E-state index contributed by atoms with van der Waals surface area (Å²) in [6.45, 7) is -0.754. The minimum atomic E-state index is -5.51. The molecular weight excluding hydrogens is 551 g/mol. The van der Waals surface area contributed by atoms with Crippen LogP contribution in [-0.4, -0.2) is 68.6 Å². The lowest BCUT2D eigenvalue weighted by molar-refractivity contribution is -0.746. The van der Waals surface area contributed by atoms with Crippen molar-refractivity contribution in [1.29, 1.82) is 0 Å². The molecule has 1 aliphatic heterocycles. The number of phosphoric ester groups is 1.